The van der Waals surface area contributed by atoms with Crippen molar-refractivity contribution in [2.24, 2.45) is 0 Å². The molecular weight excluding hydrogens is 274 g/mol. The molecule has 0 bridgehead atoms. The third kappa shape index (κ3) is 5.01. The number of carbonyl (C=O) groups excluding carboxylic acids is 1. The fraction of sp³-hybridized carbons (Fsp3) is 0.267. The van der Waals surface area contributed by atoms with Crippen LogP contribution in [0, 0.1) is 0 Å². The van der Waals surface area contributed by atoms with Gasteiger partial charge in [0.1, 0.15) is 0 Å². The Morgan fingerprint density at radius 3 is 2.30 bits per heavy atom. The van der Waals surface area contributed by atoms with E-state index in [0.717, 1.165) is 5.56 Å². The van der Waals surface area contributed by atoms with Crippen molar-refractivity contribution in [3.63, 3.8) is 0 Å². The van der Waals surface area contributed by atoms with Crippen molar-refractivity contribution in [3.05, 3.63) is 54.1 Å². The van der Waals surface area contributed by atoms with Gasteiger partial charge in [-0.1, -0.05) is 30.4 Å². The number of amides is 1. The highest BCUT2D eigenvalue weighted by atomic mass is 32.2. The minimum Gasteiger partial charge on any atom is -0.346 e. The van der Waals surface area contributed by atoms with E-state index in [2.05, 4.69) is 5.32 Å². The van der Waals surface area contributed by atoms with Gasteiger partial charge in [0.25, 0.3) is 0 Å². The number of hydrogen-bond acceptors (Lipinski definition) is 3. The Balaban J connectivity index is 2.73. The van der Waals surface area contributed by atoms with Crippen LogP contribution >= 0.6 is 0 Å². The summed E-state index contributed by atoms with van der Waals surface area (Å²) in [5.41, 5.74) is 0.852. The van der Waals surface area contributed by atoms with Crippen molar-refractivity contribution in [1.82, 2.24) is 5.32 Å². The van der Waals surface area contributed by atoms with Gasteiger partial charge in [0, 0.05) is 12.3 Å². The van der Waals surface area contributed by atoms with Gasteiger partial charge in [-0.15, -0.1) is 0 Å². The molecule has 0 aliphatic carbocycles. The fourth-order valence-electron chi connectivity index (χ4n) is 1.60. The van der Waals surface area contributed by atoms with E-state index in [1.807, 2.05) is 19.9 Å². The maximum atomic E-state index is 11.6. The van der Waals surface area contributed by atoms with Gasteiger partial charge < -0.3 is 5.32 Å². The SMILES string of the molecule is C/C=C/C=C/C(=O)NC(C)c1ccc(S(C)(=O)=O)cc1. The molecule has 0 aromatic heterocycles. The highest BCUT2D eigenvalue weighted by molar-refractivity contribution is 7.90. The standard InChI is InChI=1S/C15H19NO3S/c1-4-5-6-7-15(17)16-12(2)13-8-10-14(11-9-13)20(3,18)19/h4-12H,1-3H3,(H,16,17)/b5-4+,7-6+. The number of sulfone groups is 1. The molecule has 108 valence electrons. The smallest absolute Gasteiger partial charge is 0.244 e. The Morgan fingerprint density at radius 1 is 1.20 bits per heavy atom. The number of nitrogens with one attached hydrogen (secondary N) is 1. The van der Waals surface area contributed by atoms with Crippen LogP contribution in [0.2, 0.25) is 0 Å². The normalized spacial score (nSPS) is 13.8. The van der Waals surface area contributed by atoms with Crippen LogP contribution in [0.1, 0.15) is 25.5 Å². The van der Waals surface area contributed by atoms with E-state index < -0.39 is 9.84 Å². The Kier molecular flexibility index (Phi) is 5.70. The quantitative estimate of drug-likeness (QED) is 0.670. The van der Waals surface area contributed by atoms with E-state index >= 15 is 0 Å². The molecule has 0 radical (unpaired) electrons. The second-order valence-electron chi connectivity index (χ2n) is 4.46. The maximum Gasteiger partial charge on any atom is 0.244 e. The number of allylic oxidation sites excluding steroid dienone is 3. The van der Waals surface area contributed by atoms with Crippen LogP contribution in [-0.2, 0) is 14.6 Å². The topological polar surface area (TPSA) is 63.2 Å². The van der Waals surface area contributed by atoms with Crippen LogP contribution in [-0.4, -0.2) is 20.6 Å². The number of benzene rings is 1. The molecule has 1 atom stereocenters. The van der Waals surface area contributed by atoms with Crippen LogP contribution in [0.15, 0.2) is 53.5 Å². The summed E-state index contributed by atoms with van der Waals surface area (Å²) in [6, 6.07) is 6.31. The zero-order chi connectivity index (χ0) is 15.2. The monoisotopic (exact) mass is 293 g/mol. The molecule has 4 nitrogen and oxygen atoms in total. The lowest BCUT2D eigenvalue weighted by atomic mass is 10.1. The minimum absolute atomic E-state index is 0.189. The first-order valence-electron chi connectivity index (χ1n) is 6.24. The first-order chi connectivity index (χ1) is 9.34. The molecule has 20 heavy (non-hydrogen) atoms. The molecule has 1 unspecified atom stereocenters. The zero-order valence-corrected chi connectivity index (χ0v) is 12.6. The summed E-state index contributed by atoms with van der Waals surface area (Å²) in [6.07, 6.45) is 7.87. The fourth-order valence-corrected chi connectivity index (χ4v) is 2.23. The second-order valence-corrected chi connectivity index (χ2v) is 6.47. The Hall–Kier alpha value is -1.88. The highest BCUT2D eigenvalue weighted by Gasteiger charge is 2.10. The van der Waals surface area contributed by atoms with Crippen LogP contribution in [0.25, 0.3) is 0 Å². The van der Waals surface area contributed by atoms with Gasteiger partial charge in [-0.05, 0) is 31.5 Å². The lowest BCUT2D eigenvalue weighted by Gasteiger charge is -2.13. The molecule has 0 heterocycles. The molecule has 1 rings (SSSR count). The van der Waals surface area contributed by atoms with Gasteiger partial charge in [-0.25, -0.2) is 8.42 Å². The lowest BCUT2D eigenvalue weighted by Crippen LogP contribution is -2.24. The van der Waals surface area contributed by atoms with E-state index in [-0.39, 0.29) is 16.8 Å². The summed E-state index contributed by atoms with van der Waals surface area (Å²) < 4.78 is 22.7. The molecule has 0 saturated heterocycles. The minimum atomic E-state index is -3.19. The largest absolute Gasteiger partial charge is 0.346 e. The molecule has 0 spiro atoms. The van der Waals surface area contributed by atoms with Crippen molar-refractivity contribution >= 4 is 15.7 Å². The number of hydrogen-bond donors (Lipinski definition) is 1. The maximum absolute atomic E-state index is 11.6. The van der Waals surface area contributed by atoms with E-state index in [0.29, 0.717) is 0 Å². The highest BCUT2D eigenvalue weighted by Crippen LogP contribution is 2.16. The summed E-state index contributed by atoms with van der Waals surface area (Å²) in [5.74, 6) is -0.192. The lowest BCUT2D eigenvalue weighted by molar-refractivity contribution is -0.117. The first-order valence-corrected chi connectivity index (χ1v) is 8.13. The van der Waals surface area contributed by atoms with Crippen molar-refractivity contribution in [2.75, 3.05) is 6.26 Å². The van der Waals surface area contributed by atoms with E-state index in [1.165, 1.54) is 12.3 Å². The molecule has 0 fully saturated rings. The zero-order valence-electron chi connectivity index (χ0n) is 11.8. The van der Waals surface area contributed by atoms with Crippen LogP contribution in [0.4, 0.5) is 0 Å². The molecule has 0 aliphatic heterocycles. The molecule has 1 aromatic rings. The van der Waals surface area contributed by atoms with Gasteiger partial charge in [-0.3, -0.25) is 4.79 Å². The van der Waals surface area contributed by atoms with Crippen molar-refractivity contribution in [1.29, 1.82) is 0 Å². The van der Waals surface area contributed by atoms with Crippen molar-refractivity contribution in [2.45, 2.75) is 24.8 Å². The number of rotatable bonds is 5. The Bertz CT molecular complexity index is 613. The van der Waals surface area contributed by atoms with Gasteiger partial charge in [0.15, 0.2) is 9.84 Å². The van der Waals surface area contributed by atoms with Crippen molar-refractivity contribution < 1.29 is 13.2 Å². The van der Waals surface area contributed by atoms with Gasteiger partial charge in [0.2, 0.25) is 5.91 Å². The predicted molar refractivity (Wildman–Crippen MR) is 80.1 cm³/mol. The average Bonchev–Trinajstić information content (AvgIpc) is 2.38. The van der Waals surface area contributed by atoms with Crippen molar-refractivity contribution in [3.8, 4) is 0 Å². The molecule has 0 aliphatic rings. The molecule has 1 amide bonds. The third-order valence-electron chi connectivity index (χ3n) is 2.72. The second kappa shape index (κ2) is 7.05. The number of carbonyl (C=O) groups is 1. The summed E-state index contributed by atoms with van der Waals surface area (Å²) in [4.78, 5) is 11.9. The molecule has 5 heteroatoms. The summed E-state index contributed by atoms with van der Waals surface area (Å²) in [7, 11) is -3.19. The van der Waals surface area contributed by atoms with E-state index in [9.17, 15) is 13.2 Å². The average molecular weight is 293 g/mol. The first kappa shape index (κ1) is 16.2. The Labute approximate surface area is 120 Å². The van der Waals surface area contributed by atoms with Crippen LogP contribution in [0.3, 0.4) is 0 Å². The summed E-state index contributed by atoms with van der Waals surface area (Å²) in [6.45, 7) is 3.71. The van der Waals surface area contributed by atoms with E-state index in [4.69, 9.17) is 0 Å². The molecule has 0 saturated carbocycles. The molecule has 1 N–H and O–H groups in total. The van der Waals surface area contributed by atoms with Crippen LogP contribution in [0.5, 0.6) is 0 Å². The van der Waals surface area contributed by atoms with Gasteiger partial charge in [-0.2, -0.15) is 0 Å². The molecular formula is C15H19NO3S. The van der Waals surface area contributed by atoms with Gasteiger partial charge in [0.05, 0.1) is 10.9 Å². The van der Waals surface area contributed by atoms with E-state index in [1.54, 1.807) is 36.4 Å². The summed E-state index contributed by atoms with van der Waals surface area (Å²) in [5, 5.41) is 2.80. The van der Waals surface area contributed by atoms with Gasteiger partial charge >= 0.3 is 0 Å². The van der Waals surface area contributed by atoms with Crippen LogP contribution < -0.4 is 5.32 Å². The third-order valence-corrected chi connectivity index (χ3v) is 3.85. The predicted octanol–water partition coefficient (Wildman–Crippen LogP) is 2.40. The Morgan fingerprint density at radius 2 is 1.80 bits per heavy atom. The molecule has 1 aromatic carbocycles. The summed E-state index contributed by atoms with van der Waals surface area (Å²) >= 11 is 0.